The zero-order valence-electron chi connectivity index (χ0n) is 14.9. The fourth-order valence-corrected chi connectivity index (χ4v) is 3.14. The molecule has 3 N–H and O–H groups in total. The van der Waals surface area contributed by atoms with Crippen LogP contribution in [0.25, 0.3) is 0 Å². The Balaban J connectivity index is 1.60. The fraction of sp³-hybridized carbons (Fsp3) is 0.389. The monoisotopic (exact) mass is 375 g/mol. The number of aliphatic hydroxyl groups is 1. The predicted octanol–water partition coefficient (Wildman–Crippen LogP) is 2.21. The second-order valence-electron chi connectivity index (χ2n) is 6.48. The fourth-order valence-electron chi connectivity index (χ4n) is 3.14. The SMILES string of the molecule is CC(O)C(=O)N1CCC(n2nccc2NC(=O)Nc2cccc(F)c2)CC1. The number of carbonyl (C=O) groups excluding carboxylic acids is 2. The number of benzene rings is 1. The number of nitrogens with one attached hydrogen (secondary N) is 2. The normalized spacial score (nSPS) is 16.0. The van der Waals surface area contributed by atoms with Gasteiger partial charge in [-0.25, -0.2) is 13.9 Å². The molecule has 1 fully saturated rings. The zero-order valence-corrected chi connectivity index (χ0v) is 14.9. The van der Waals surface area contributed by atoms with Crippen LogP contribution in [-0.4, -0.2) is 50.9 Å². The Morgan fingerprint density at radius 2 is 2.00 bits per heavy atom. The highest BCUT2D eigenvalue weighted by atomic mass is 19.1. The Labute approximate surface area is 156 Å². The van der Waals surface area contributed by atoms with E-state index in [2.05, 4.69) is 15.7 Å². The van der Waals surface area contributed by atoms with Crippen molar-refractivity contribution < 1.29 is 19.1 Å². The van der Waals surface area contributed by atoms with E-state index < -0.39 is 18.0 Å². The summed E-state index contributed by atoms with van der Waals surface area (Å²) in [6.45, 7) is 2.49. The number of urea groups is 1. The molecule has 3 amide bonds. The molecule has 0 saturated carbocycles. The molecular weight excluding hydrogens is 353 g/mol. The summed E-state index contributed by atoms with van der Waals surface area (Å²) in [6.07, 6.45) is 1.92. The molecule has 3 rings (SSSR count). The number of rotatable bonds is 4. The number of aromatic nitrogens is 2. The number of amides is 3. The number of nitrogens with zero attached hydrogens (tertiary/aromatic N) is 3. The second-order valence-corrected chi connectivity index (χ2v) is 6.48. The standard InChI is InChI=1S/C18H22FN5O3/c1-12(25)17(26)23-9-6-15(7-10-23)24-16(5-8-20-24)22-18(27)21-14-4-2-3-13(19)11-14/h2-5,8,11-12,15,25H,6-7,9-10H2,1H3,(H2,21,22,27). The van der Waals surface area contributed by atoms with Gasteiger partial charge < -0.3 is 15.3 Å². The largest absolute Gasteiger partial charge is 0.384 e. The van der Waals surface area contributed by atoms with E-state index >= 15 is 0 Å². The van der Waals surface area contributed by atoms with Crippen LogP contribution in [0.3, 0.4) is 0 Å². The molecule has 27 heavy (non-hydrogen) atoms. The number of piperidine rings is 1. The minimum atomic E-state index is -1.00. The molecule has 2 heterocycles. The summed E-state index contributed by atoms with van der Waals surface area (Å²) < 4.78 is 14.9. The van der Waals surface area contributed by atoms with Crippen LogP contribution in [0.1, 0.15) is 25.8 Å². The number of hydrogen-bond acceptors (Lipinski definition) is 4. The number of anilines is 2. The van der Waals surface area contributed by atoms with Gasteiger partial charge in [-0.2, -0.15) is 5.10 Å². The molecule has 1 aliphatic rings. The van der Waals surface area contributed by atoms with Gasteiger partial charge in [-0.3, -0.25) is 10.1 Å². The van der Waals surface area contributed by atoms with Gasteiger partial charge in [0.15, 0.2) is 0 Å². The highest BCUT2D eigenvalue weighted by Gasteiger charge is 2.27. The van der Waals surface area contributed by atoms with Crippen LogP contribution in [0.15, 0.2) is 36.5 Å². The molecule has 1 aliphatic heterocycles. The Morgan fingerprint density at radius 1 is 1.26 bits per heavy atom. The molecule has 1 aromatic heterocycles. The smallest absolute Gasteiger partial charge is 0.324 e. The maximum atomic E-state index is 13.2. The molecule has 9 heteroatoms. The lowest BCUT2D eigenvalue weighted by Crippen LogP contribution is -2.43. The van der Waals surface area contributed by atoms with E-state index in [-0.39, 0.29) is 11.9 Å². The van der Waals surface area contributed by atoms with Crippen LogP contribution in [-0.2, 0) is 4.79 Å². The van der Waals surface area contributed by atoms with Gasteiger partial charge in [-0.05, 0) is 38.0 Å². The lowest BCUT2D eigenvalue weighted by Gasteiger charge is -2.33. The average Bonchev–Trinajstić information content (AvgIpc) is 3.09. The molecule has 0 radical (unpaired) electrons. The third kappa shape index (κ3) is 4.62. The lowest BCUT2D eigenvalue weighted by atomic mass is 10.0. The molecule has 1 saturated heterocycles. The molecule has 0 spiro atoms. The van der Waals surface area contributed by atoms with Crippen molar-refractivity contribution in [1.29, 1.82) is 0 Å². The number of aliphatic hydroxyl groups excluding tert-OH is 1. The summed E-state index contributed by atoms with van der Waals surface area (Å²) in [7, 11) is 0. The summed E-state index contributed by atoms with van der Waals surface area (Å²) >= 11 is 0. The first-order chi connectivity index (χ1) is 12.9. The molecule has 144 valence electrons. The van der Waals surface area contributed by atoms with Crippen molar-refractivity contribution in [2.45, 2.75) is 31.9 Å². The van der Waals surface area contributed by atoms with Gasteiger partial charge in [0.25, 0.3) is 5.91 Å². The van der Waals surface area contributed by atoms with E-state index in [9.17, 15) is 19.1 Å². The Hall–Kier alpha value is -2.94. The Bertz CT molecular complexity index is 815. The molecule has 1 unspecified atom stereocenters. The van der Waals surface area contributed by atoms with E-state index in [4.69, 9.17) is 0 Å². The minimum Gasteiger partial charge on any atom is -0.384 e. The first-order valence-electron chi connectivity index (χ1n) is 8.78. The van der Waals surface area contributed by atoms with Crippen LogP contribution in [0.2, 0.25) is 0 Å². The van der Waals surface area contributed by atoms with Gasteiger partial charge in [-0.15, -0.1) is 0 Å². The van der Waals surface area contributed by atoms with Crippen LogP contribution in [0.4, 0.5) is 20.7 Å². The van der Waals surface area contributed by atoms with Gasteiger partial charge in [0, 0.05) is 24.8 Å². The topological polar surface area (TPSA) is 99.5 Å². The van der Waals surface area contributed by atoms with Crippen molar-refractivity contribution in [3.05, 3.63) is 42.3 Å². The van der Waals surface area contributed by atoms with E-state index in [1.54, 1.807) is 27.9 Å². The van der Waals surface area contributed by atoms with Crippen LogP contribution < -0.4 is 10.6 Å². The third-order valence-corrected chi connectivity index (χ3v) is 4.47. The summed E-state index contributed by atoms with van der Waals surface area (Å²) in [4.78, 5) is 25.7. The minimum absolute atomic E-state index is 0.0301. The van der Waals surface area contributed by atoms with Crippen molar-refractivity contribution >= 4 is 23.4 Å². The summed E-state index contributed by atoms with van der Waals surface area (Å²) in [5, 5.41) is 19.0. The molecule has 2 aromatic rings. The maximum Gasteiger partial charge on any atom is 0.324 e. The van der Waals surface area contributed by atoms with E-state index in [0.29, 0.717) is 37.4 Å². The van der Waals surface area contributed by atoms with Crippen molar-refractivity contribution in [2.24, 2.45) is 0 Å². The summed E-state index contributed by atoms with van der Waals surface area (Å²) in [6, 6.07) is 6.84. The highest BCUT2D eigenvalue weighted by Crippen LogP contribution is 2.25. The highest BCUT2D eigenvalue weighted by molar-refractivity contribution is 5.99. The predicted molar refractivity (Wildman–Crippen MR) is 97.8 cm³/mol. The van der Waals surface area contributed by atoms with Crippen molar-refractivity contribution in [1.82, 2.24) is 14.7 Å². The quantitative estimate of drug-likeness (QED) is 0.763. The van der Waals surface area contributed by atoms with Crippen molar-refractivity contribution in [3.8, 4) is 0 Å². The Kier molecular flexibility index (Phi) is 5.70. The van der Waals surface area contributed by atoms with Crippen LogP contribution in [0.5, 0.6) is 0 Å². The first-order valence-corrected chi connectivity index (χ1v) is 8.78. The van der Waals surface area contributed by atoms with E-state index in [0.717, 1.165) is 0 Å². The van der Waals surface area contributed by atoms with Crippen LogP contribution in [0, 0.1) is 5.82 Å². The van der Waals surface area contributed by atoms with Gasteiger partial charge in [-0.1, -0.05) is 6.07 Å². The first kappa shape index (κ1) is 18.8. The third-order valence-electron chi connectivity index (χ3n) is 4.47. The van der Waals surface area contributed by atoms with Crippen LogP contribution >= 0.6 is 0 Å². The van der Waals surface area contributed by atoms with Gasteiger partial charge in [0.1, 0.15) is 17.7 Å². The number of likely N-dealkylation sites (tertiary alicyclic amines) is 1. The lowest BCUT2D eigenvalue weighted by molar-refractivity contribution is -0.140. The van der Waals surface area contributed by atoms with Gasteiger partial charge in [0.05, 0.1) is 12.2 Å². The maximum absolute atomic E-state index is 13.2. The Morgan fingerprint density at radius 3 is 2.67 bits per heavy atom. The number of halogens is 1. The van der Waals surface area contributed by atoms with Crippen molar-refractivity contribution in [2.75, 3.05) is 23.7 Å². The summed E-state index contributed by atoms with van der Waals surface area (Å²) in [5.41, 5.74) is 0.350. The van der Waals surface area contributed by atoms with E-state index in [1.165, 1.54) is 25.1 Å². The second kappa shape index (κ2) is 8.17. The number of hydrogen-bond donors (Lipinski definition) is 3. The zero-order chi connectivity index (χ0) is 19.4. The average molecular weight is 375 g/mol. The van der Waals surface area contributed by atoms with Gasteiger partial charge >= 0.3 is 6.03 Å². The molecule has 0 bridgehead atoms. The molecule has 0 aliphatic carbocycles. The van der Waals surface area contributed by atoms with E-state index in [1.807, 2.05) is 0 Å². The van der Waals surface area contributed by atoms with Crippen molar-refractivity contribution in [3.63, 3.8) is 0 Å². The molecule has 1 aromatic carbocycles. The van der Waals surface area contributed by atoms with Gasteiger partial charge in [0.2, 0.25) is 0 Å². The molecular formula is C18H22FN5O3. The summed E-state index contributed by atoms with van der Waals surface area (Å²) in [5.74, 6) is -0.192. The number of carbonyl (C=O) groups is 2. The molecule has 1 atom stereocenters. The molecule has 8 nitrogen and oxygen atoms in total.